The van der Waals surface area contributed by atoms with Gasteiger partial charge in [-0.2, -0.15) is 0 Å². The van der Waals surface area contributed by atoms with Gasteiger partial charge in [0.25, 0.3) is 5.91 Å². The fraction of sp³-hybridized carbons (Fsp3) is 0.500. The first-order valence-electron chi connectivity index (χ1n) is 6.65. The van der Waals surface area contributed by atoms with Crippen LogP contribution in [-0.4, -0.2) is 36.0 Å². The number of likely N-dealkylation sites (tertiary alicyclic amines) is 1. The fourth-order valence-corrected chi connectivity index (χ4v) is 2.86. The molecule has 0 spiro atoms. The van der Waals surface area contributed by atoms with Gasteiger partial charge in [0.2, 0.25) is 0 Å². The van der Waals surface area contributed by atoms with Crippen LogP contribution in [0.2, 0.25) is 0 Å². The molecule has 1 aromatic carbocycles. The molecule has 4 nitrogen and oxygen atoms in total. The van der Waals surface area contributed by atoms with Crippen LogP contribution in [0.15, 0.2) is 22.7 Å². The maximum atomic E-state index is 13.0. The Balaban J connectivity index is 2.04. The van der Waals surface area contributed by atoms with E-state index in [-0.39, 0.29) is 17.8 Å². The molecular weight excluding hydrogens is 327 g/mol. The van der Waals surface area contributed by atoms with Gasteiger partial charge in [0, 0.05) is 19.1 Å². The van der Waals surface area contributed by atoms with Crippen molar-refractivity contribution in [3.8, 4) is 5.75 Å². The lowest BCUT2D eigenvalue weighted by Gasteiger charge is -2.27. The van der Waals surface area contributed by atoms with Gasteiger partial charge >= 0.3 is 0 Å². The predicted molar refractivity (Wildman–Crippen MR) is 78.0 cm³/mol. The van der Waals surface area contributed by atoms with E-state index < -0.39 is 6.10 Å². The van der Waals surface area contributed by atoms with Gasteiger partial charge in [-0.05, 0) is 53.9 Å². The molecule has 0 aliphatic carbocycles. The number of rotatable bonds is 4. The molecule has 0 aromatic heterocycles. The van der Waals surface area contributed by atoms with Crippen LogP contribution in [0.5, 0.6) is 5.75 Å². The third-order valence-corrected chi connectivity index (χ3v) is 4.10. The van der Waals surface area contributed by atoms with Crippen molar-refractivity contribution in [2.45, 2.75) is 31.9 Å². The zero-order valence-corrected chi connectivity index (χ0v) is 12.9. The predicted octanol–water partition coefficient (Wildman–Crippen LogP) is 2.31. The first-order valence-corrected chi connectivity index (χ1v) is 7.44. The summed E-state index contributed by atoms with van der Waals surface area (Å²) in [5.74, 6) is 0.0239. The van der Waals surface area contributed by atoms with E-state index in [0.717, 1.165) is 19.4 Å². The molecule has 110 valence electrons. The maximum absolute atomic E-state index is 13.0. The van der Waals surface area contributed by atoms with Crippen molar-refractivity contribution in [2.75, 3.05) is 13.1 Å². The van der Waals surface area contributed by atoms with E-state index in [2.05, 4.69) is 15.9 Å². The molecule has 20 heavy (non-hydrogen) atoms. The smallest absolute Gasteiger partial charge is 0.263 e. The summed E-state index contributed by atoms with van der Waals surface area (Å²) >= 11 is 3.22. The Morgan fingerprint density at radius 2 is 2.40 bits per heavy atom. The van der Waals surface area contributed by atoms with Crippen molar-refractivity contribution in [1.29, 1.82) is 0 Å². The molecule has 0 radical (unpaired) electrons. The summed E-state index contributed by atoms with van der Waals surface area (Å²) in [6.07, 6.45) is 1.29. The van der Waals surface area contributed by atoms with Crippen molar-refractivity contribution < 1.29 is 13.9 Å². The second kappa shape index (κ2) is 6.54. The molecular formula is C14H18BrFN2O2. The lowest BCUT2D eigenvalue weighted by atomic mass is 10.2. The fourth-order valence-electron chi connectivity index (χ4n) is 2.42. The number of hydrogen-bond acceptors (Lipinski definition) is 3. The Morgan fingerprint density at radius 3 is 3.05 bits per heavy atom. The number of ether oxygens (including phenoxy) is 1. The van der Waals surface area contributed by atoms with Crippen LogP contribution >= 0.6 is 15.9 Å². The number of benzene rings is 1. The number of nitrogens with zero attached hydrogens (tertiary/aromatic N) is 1. The van der Waals surface area contributed by atoms with Crippen LogP contribution in [0.3, 0.4) is 0 Å². The van der Waals surface area contributed by atoms with Gasteiger partial charge in [-0.25, -0.2) is 4.39 Å². The SMILES string of the molecule is C[C@H](Oc1ccc(F)cc1Br)C(=O)N1CCC[C@@H]1CN. The van der Waals surface area contributed by atoms with E-state index >= 15 is 0 Å². The second-order valence-electron chi connectivity index (χ2n) is 4.90. The number of amides is 1. The molecule has 0 bridgehead atoms. The lowest BCUT2D eigenvalue weighted by molar-refractivity contribution is -0.138. The highest BCUT2D eigenvalue weighted by molar-refractivity contribution is 9.10. The van der Waals surface area contributed by atoms with Crippen LogP contribution in [0.1, 0.15) is 19.8 Å². The summed E-state index contributed by atoms with van der Waals surface area (Å²) in [5.41, 5.74) is 5.67. The summed E-state index contributed by atoms with van der Waals surface area (Å²) in [5, 5.41) is 0. The number of carbonyl (C=O) groups is 1. The zero-order valence-electron chi connectivity index (χ0n) is 11.3. The zero-order chi connectivity index (χ0) is 14.7. The van der Waals surface area contributed by atoms with Gasteiger partial charge in [0.05, 0.1) is 4.47 Å². The Kier molecular flexibility index (Phi) is 4.99. The average Bonchev–Trinajstić information content (AvgIpc) is 2.89. The molecule has 2 atom stereocenters. The van der Waals surface area contributed by atoms with Gasteiger partial charge in [-0.15, -0.1) is 0 Å². The molecule has 0 saturated carbocycles. The lowest BCUT2D eigenvalue weighted by Crippen LogP contribution is -2.45. The van der Waals surface area contributed by atoms with Gasteiger partial charge in [-0.3, -0.25) is 4.79 Å². The first kappa shape index (κ1) is 15.3. The number of nitrogens with two attached hydrogens (primary N) is 1. The molecule has 1 fully saturated rings. The Morgan fingerprint density at radius 1 is 1.65 bits per heavy atom. The second-order valence-corrected chi connectivity index (χ2v) is 5.75. The Hall–Kier alpha value is -1.14. The van der Waals surface area contributed by atoms with E-state index in [1.165, 1.54) is 18.2 Å². The minimum Gasteiger partial charge on any atom is -0.480 e. The topological polar surface area (TPSA) is 55.6 Å². The highest BCUT2D eigenvalue weighted by atomic mass is 79.9. The minimum absolute atomic E-state index is 0.0748. The van der Waals surface area contributed by atoms with Gasteiger partial charge in [0.15, 0.2) is 6.10 Å². The van der Waals surface area contributed by atoms with E-state index in [9.17, 15) is 9.18 Å². The van der Waals surface area contributed by atoms with Crippen molar-refractivity contribution in [1.82, 2.24) is 4.90 Å². The summed E-state index contributed by atoms with van der Waals surface area (Å²) in [7, 11) is 0. The first-order chi connectivity index (χ1) is 9.52. The molecule has 1 aliphatic heterocycles. The van der Waals surface area contributed by atoms with Gasteiger partial charge in [0.1, 0.15) is 11.6 Å². The summed E-state index contributed by atoms with van der Waals surface area (Å²) in [6.45, 7) is 2.89. The highest BCUT2D eigenvalue weighted by Crippen LogP contribution is 2.27. The van der Waals surface area contributed by atoms with E-state index in [1.807, 2.05) is 0 Å². The molecule has 6 heteroatoms. The molecule has 0 unspecified atom stereocenters. The normalized spacial score (nSPS) is 20.0. The van der Waals surface area contributed by atoms with Gasteiger partial charge in [-0.1, -0.05) is 0 Å². The standard InChI is InChI=1S/C14H18BrFN2O2/c1-9(14(19)18-6-2-3-11(18)8-17)20-13-5-4-10(16)7-12(13)15/h4-5,7,9,11H,2-3,6,8,17H2,1H3/t9-,11+/m0/s1. The van der Waals surface area contributed by atoms with Crippen molar-refractivity contribution >= 4 is 21.8 Å². The largest absolute Gasteiger partial charge is 0.480 e. The van der Waals surface area contributed by atoms with Crippen LogP contribution < -0.4 is 10.5 Å². The van der Waals surface area contributed by atoms with Crippen molar-refractivity contribution in [3.63, 3.8) is 0 Å². The minimum atomic E-state index is -0.621. The van der Waals surface area contributed by atoms with Gasteiger partial charge < -0.3 is 15.4 Å². The quantitative estimate of drug-likeness (QED) is 0.911. The van der Waals surface area contributed by atoms with Crippen LogP contribution in [0.25, 0.3) is 0 Å². The third-order valence-electron chi connectivity index (χ3n) is 3.48. The van der Waals surface area contributed by atoms with Crippen molar-refractivity contribution in [3.05, 3.63) is 28.5 Å². The maximum Gasteiger partial charge on any atom is 0.263 e. The van der Waals surface area contributed by atoms with Crippen LogP contribution in [-0.2, 0) is 4.79 Å². The average molecular weight is 345 g/mol. The summed E-state index contributed by atoms with van der Waals surface area (Å²) < 4.78 is 19.1. The molecule has 1 heterocycles. The molecule has 1 aromatic rings. The Bertz CT molecular complexity index is 498. The van der Waals surface area contributed by atoms with Crippen LogP contribution in [0.4, 0.5) is 4.39 Å². The van der Waals surface area contributed by atoms with E-state index in [1.54, 1.807) is 11.8 Å². The molecule has 2 rings (SSSR count). The molecule has 1 amide bonds. The Labute approximate surface area is 126 Å². The van der Waals surface area contributed by atoms with Crippen LogP contribution in [0, 0.1) is 5.82 Å². The third kappa shape index (κ3) is 3.30. The summed E-state index contributed by atoms with van der Waals surface area (Å²) in [4.78, 5) is 14.1. The van der Waals surface area contributed by atoms with E-state index in [4.69, 9.17) is 10.5 Å². The number of halogens is 2. The number of hydrogen-bond donors (Lipinski definition) is 1. The number of carbonyl (C=O) groups excluding carboxylic acids is 1. The highest BCUT2D eigenvalue weighted by Gasteiger charge is 2.31. The monoisotopic (exact) mass is 344 g/mol. The van der Waals surface area contributed by atoms with Crippen molar-refractivity contribution in [2.24, 2.45) is 5.73 Å². The molecule has 1 aliphatic rings. The molecule has 2 N–H and O–H groups in total. The summed E-state index contributed by atoms with van der Waals surface area (Å²) in [6, 6.07) is 4.22. The molecule has 1 saturated heterocycles. The van der Waals surface area contributed by atoms with E-state index in [0.29, 0.717) is 16.8 Å².